The molecule has 0 radical (unpaired) electrons. The van der Waals surface area contributed by atoms with Gasteiger partial charge in [-0.15, -0.1) is 0 Å². The van der Waals surface area contributed by atoms with Crippen LogP contribution in [0, 0.1) is 17.7 Å². The molecule has 2 aromatic rings. The first-order valence-electron chi connectivity index (χ1n) is 9.67. The Hall–Kier alpha value is -2.99. The summed E-state index contributed by atoms with van der Waals surface area (Å²) < 4.78 is 24.8. The summed E-state index contributed by atoms with van der Waals surface area (Å²) in [6.07, 6.45) is 3.34. The monoisotopic (exact) mass is 393 g/mol. The number of esters is 1. The lowest BCUT2D eigenvalue weighted by molar-refractivity contribution is -0.155. The summed E-state index contributed by atoms with van der Waals surface area (Å²) in [5, 5.41) is 0. The summed E-state index contributed by atoms with van der Waals surface area (Å²) in [5.41, 5.74) is 0.946. The Bertz CT molecular complexity index is 974. The molecule has 1 spiro atoms. The molecule has 4 atom stereocenters. The number of likely N-dealkylation sites (tertiary alicyclic amines) is 1. The third-order valence-corrected chi connectivity index (χ3v) is 5.96. The maximum Gasteiger partial charge on any atom is 0.313 e. The molecule has 1 amide bonds. The summed E-state index contributed by atoms with van der Waals surface area (Å²) in [6.45, 7) is 0.897. The van der Waals surface area contributed by atoms with Gasteiger partial charge in [-0.25, -0.2) is 4.39 Å². The van der Waals surface area contributed by atoms with Gasteiger partial charge in [0, 0.05) is 6.54 Å². The fourth-order valence-corrected chi connectivity index (χ4v) is 4.62. The molecule has 0 saturated carbocycles. The third kappa shape index (κ3) is 3.04. The Morgan fingerprint density at radius 1 is 1.14 bits per heavy atom. The van der Waals surface area contributed by atoms with Gasteiger partial charge in [0.05, 0.1) is 18.6 Å². The number of halogens is 1. The van der Waals surface area contributed by atoms with Crippen LogP contribution >= 0.6 is 0 Å². The van der Waals surface area contributed by atoms with Gasteiger partial charge >= 0.3 is 5.97 Å². The van der Waals surface area contributed by atoms with Crippen LogP contribution in [0.25, 0.3) is 0 Å². The number of carbonyl (C=O) groups excluding carboxylic acids is 2. The molecule has 2 bridgehead atoms. The van der Waals surface area contributed by atoms with Crippen LogP contribution in [0.5, 0.6) is 0 Å². The van der Waals surface area contributed by atoms with Gasteiger partial charge in [0.25, 0.3) is 0 Å². The summed E-state index contributed by atoms with van der Waals surface area (Å²) in [6, 6.07) is 15.5. The van der Waals surface area contributed by atoms with Gasteiger partial charge in [0.1, 0.15) is 23.9 Å². The zero-order valence-electron chi connectivity index (χ0n) is 15.7. The van der Waals surface area contributed by atoms with E-state index in [2.05, 4.69) is 0 Å². The van der Waals surface area contributed by atoms with E-state index in [9.17, 15) is 14.0 Å². The largest absolute Gasteiger partial charge is 0.460 e. The van der Waals surface area contributed by atoms with Crippen LogP contribution in [-0.2, 0) is 32.2 Å². The minimum absolute atomic E-state index is 0.122. The summed E-state index contributed by atoms with van der Waals surface area (Å²) >= 11 is 0. The Labute approximate surface area is 167 Å². The molecule has 3 aliphatic heterocycles. The van der Waals surface area contributed by atoms with Gasteiger partial charge in [-0.3, -0.25) is 9.59 Å². The normalized spacial score (nSPS) is 29.3. The molecule has 148 valence electrons. The third-order valence-electron chi connectivity index (χ3n) is 5.96. The topological polar surface area (TPSA) is 55.8 Å². The second-order valence-electron chi connectivity index (χ2n) is 7.81. The van der Waals surface area contributed by atoms with E-state index in [-0.39, 0.29) is 18.3 Å². The first-order valence-corrected chi connectivity index (χ1v) is 9.67. The molecule has 0 aromatic heterocycles. The molecule has 2 aromatic carbocycles. The van der Waals surface area contributed by atoms with Crippen molar-refractivity contribution in [3.05, 3.63) is 83.7 Å². The van der Waals surface area contributed by atoms with Gasteiger partial charge in [-0.1, -0.05) is 54.6 Å². The van der Waals surface area contributed by atoms with Crippen molar-refractivity contribution in [1.29, 1.82) is 0 Å². The highest BCUT2D eigenvalue weighted by Gasteiger charge is 2.67. The van der Waals surface area contributed by atoms with Crippen molar-refractivity contribution in [2.24, 2.45) is 11.8 Å². The van der Waals surface area contributed by atoms with Crippen molar-refractivity contribution in [1.82, 2.24) is 4.90 Å². The molecule has 3 aliphatic rings. The van der Waals surface area contributed by atoms with Crippen molar-refractivity contribution in [2.45, 2.75) is 24.9 Å². The van der Waals surface area contributed by atoms with E-state index in [1.807, 2.05) is 42.5 Å². The number of rotatable bonds is 5. The van der Waals surface area contributed by atoms with E-state index in [0.717, 1.165) is 11.1 Å². The highest BCUT2D eigenvalue weighted by atomic mass is 19.1. The molecule has 29 heavy (non-hydrogen) atoms. The van der Waals surface area contributed by atoms with E-state index < -0.39 is 29.5 Å². The second kappa shape index (κ2) is 6.81. The minimum atomic E-state index is -0.780. The predicted molar refractivity (Wildman–Crippen MR) is 102 cm³/mol. The van der Waals surface area contributed by atoms with Crippen LogP contribution in [0.2, 0.25) is 0 Å². The van der Waals surface area contributed by atoms with Crippen molar-refractivity contribution in [2.75, 3.05) is 6.54 Å². The number of hydrogen-bond acceptors (Lipinski definition) is 4. The molecule has 0 aliphatic carbocycles. The quantitative estimate of drug-likeness (QED) is 0.579. The number of amides is 1. The van der Waals surface area contributed by atoms with Crippen LogP contribution in [0.3, 0.4) is 0 Å². The van der Waals surface area contributed by atoms with Crippen LogP contribution in [0.4, 0.5) is 4.39 Å². The number of carbonyl (C=O) groups is 2. The molecule has 0 N–H and O–H groups in total. The Kier molecular flexibility index (Phi) is 4.24. The van der Waals surface area contributed by atoms with Crippen LogP contribution in [0.1, 0.15) is 11.1 Å². The van der Waals surface area contributed by atoms with E-state index in [0.29, 0.717) is 13.1 Å². The molecule has 2 saturated heterocycles. The molecule has 5 nitrogen and oxygen atoms in total. The average molecular weight is 393 g/mol. The lowest BCUT2D eigenvalue weighted by Gasteiger charge is -2.22. The average Bonchev–Trinajstić information content (AvgIpc) is 3.37. The van der Waals surface area contributed by atoms with Crippen LogP contribution < -0.4 is 0 Å². The Balaban J connectivity index is 1.32. The molecule has 0 unspecified atom stereocenters. The number of fused-ring (bicyclic) bond motifs is 1. The number of ether oxygens (including phenoxy) is 2. The van der Waals surface area contributed by atoms with E-state index in [1.54, 1.807) is 17.0 Å². The first kappa shape index (κ1) is 18.1. The van der Waals surface area contributed by atoms with Crippen molar-refractivity contribution >= 4 is 11.9 Å². The molecule has 6 heteroatoms. The molecule has 3 heterocycles. The summed E-state index contributed by atoms with van der Waals surface area (Å²) in [4.78, 5) is 27.7. The van der Waals surface area contributed by atoms with E-state index in [4.69, 9.17) is 9.47 Å². The summed E-state index contributed by atoms with van der Waals surface area (Å²) in [7, 11) is 0. The zero-order chi connectivity index (χ0) is 20.0. The van der Waals surface area contributed by atoms with Crippen LogP contribution in [-0.4, -0.2) is 35.0 Å². The van der Waals surface area contributed by atoms with Gasteiger partial charge in [-0.2, -0.15) is 0 Å². The highest BCUT2D eigenvalue weighted by Crippen LogP contribution is 2.52. The van der Waals surface area contributed by atoms with Gasteiger partial charge in [-0.05, 0) is 23.3 Å². The van der Waals surface area contributed by atoms with Crippen LogP contribution in [0.15, 0.2) is 66.7 Å². The zero-order valence-corrected chi connectivity index (χ0v) is 15.7. The van der Waals surface area contributed by atoms with E-state index in [1.165, 1.54) is 12.1 Å². The van der Waals surface area contributed by atoms with Gasteiger partial charge in [0.2, 0.25) is 5.91 Å². The van der Waals surface area contributed by atoms with E-state index >= 15 is 0 Å². The maximum absolute atomic E-state index is 13.2. The van der Waals surface area contributed by atoms with Crippen molar-refractivity contribution in [3.8, 4) is 0 Å². The molecular formula is C23H20FNO4. The Morgan fingerprint density at radius 2 is 1.90 bits per heavy atom. The van der Waals surface area contributed by atoms with Gasteiger partial charge in [0.15, 0.2) is 0 Å². The number of benzene rings is 2. The number of hydrogen-bond donors (Lipinski definition) is 0. The van der Waals surface area contributed by atoms with Crippen molar-refractivity contribution in [3.63, 3.8) is 0 Å². The second-order valence-corrected chi connectivity index (χ2v) is 7.81. The maximum atomic E-state index is 13.2. The fourth-order valence-electron chi connectivity index (χ4n) is 4.62. The molecule has 2 fully saturated rings. The standard InChI is InChI=1S/C23H20FNO4/c24-17-8-6-15(7-9-17)12-25-14-23-11-10-18(29-23)19(20(23)21(25)26)22(27)28-13-16-4-2-1-3-5-16/h1-11,18-20H,12-14H2/t18-,19+,20+,23+/m1/s1. The first-order chi connectivity index (χ1) is 14.1. The number of nitrogens with zero attached hydrogens (tertiary/aromatic N) is 1. The molecule has 5 rings (SSSR count). The minimum Gasteiger partial charge on any atom is -0.460 e. The predicted octanol–water partition coefficient (Wildman–Crippen LogP) is 2.85. The highest BCUT2D eigenvalue weighted by molar-refractivity contribution is 5.91. The molecular weight excluding hydrogens is 373 g/mol. The van der Waals surface area contributed by atoms with Gasteiger partial charge < -0.3 is 14.4 Å². The fraction of sp³-hybridized carbons (Fsp3) is 0.304. The lowest BCUT2D eigenvalue weighted by Crippen LogP contribution is -2.39. The van der Waals surface area contributed by atoms with Crippen molar-refractivity contribution < 1.29 is 23.5 Å². The Morgan fingerprint density at radius 3 is 2.66 bits per heavy atom. The lowest BCUT2D eigenvalue weighted by atomic mass is 9.77. The smallest absolute Gasteiger partial charge is 0.313 e. The SMILES string of the molecule is O=C(OCc1ccccc1)[C@@H]1[C@H]2C(=O)N(Cc3ccc(F)cc3)C[C@@]23C=C[C@H]1O3. The summed E-state index contributed by atoms with van der Waals surface area (Å²) in [5.74, 6) is -2.08.